The molecule has 0 aromatic heterocycles. The average molecular weight is 412 g/mol. The molecule has 0 unspecified atom stereocenters. The molecule has 2 atom stereocenters. The Morgan fingerprint density at radius 1 is 1.13 bits per heavy atom. The second kappa shape index (κ2) is 9.24. The Kier molecular flexibility index (Phi) is 6.70. The summed E-state index contributed by atoms with van der Waals surface area (Å²) in [5.74, 6) is -3.61. The minimum Gasteiger partial charge on any atom is -0.507 e. The molecule has 0 spiro atoms. The van der Waals surface area contributed by atoms with Crippen LogP contribution in [0, 0.1) is 17.6 Å². The van der Waals surface area contributed by atoms with Crippen molar-refractivity contribution in [3.8, 4) is 11.5 Å². The lowest BCUT2D eigenvalue weighted by Crippen LogP contribution is -2.26. The van der Waals surface area contributed by atoms with E-state index in [-0.39, 0.29) is 22.6 Å². The van der Waals surface area contributed by atoms with Crippen molar-refractivity contribution in [2.45, 2.75) is 45.4 Å². The number of carbonyl (C=O) groups is 1. The Morgan fingerprint density at radius 2 is 1.83 bits per heavy atom. The van der Waals surface area contributed by atoms with Gasteiger partial charge in [-0.05, 0) is 63.3 Å². The third kappa shape index (κ3) is 4.78. The highest BCUT2D eigenvalue weighted by Crippen LogP contribution is 2.43. The summed E-state index contributed by atoms with van der Waals surface area (Å²) < 4.78 is 28.1. The maximum Gasteiger partial charge on any atom is 0.174 e. The van der Waals surface area contributed by atoms with Crippen molar-refractivity contribution in [2.24, 2.45) is 5.92 Å². The standard InChI is InChI=1S/C25H26F2O3/c1-15(2)5-3-6-16-9-11-19(25(30)24-22(28)7-4-8-23(24)29)20(13-16)18-12-10-17(26)14-21(18)27/h4-5,7-10,12,14,19-20,28-29H,3,6,11,13H2,1-2H3/t19-,20+/m0/s1. The van der Waals surface area contributed by atoms with Gasteiger partial charge in [0.15, 0.2) is 5.78 Å². The van der Waals surface area contributed by atoms with Crippen LogP contribution in [0.5, 0.6) is 11.5 Å². The fourth-order valence-corrected chi connectivity index (χ4v) is 4.10. The molecule has 1 aliphatic carbocycles. The minimum absolute atomic E-state index is 0.156. The van der Waals surface area contributed by atoms with E-state index >= 15 is 0 Å². The number of phenolic OH excluding ortho intramolecular Hbond substituents is 2. The first-order chi connectivity index (χ1) is 14.3. The van der Waals surface area contributed by atoms with Gasteiger partial charge in [0.2, 0.25) is 0 Å². The van der Waals surface area contributed by atoms with Crippen LogP contribution in [-0.2, 0) is 0 Å². The molecule has 1 aliphatic rings. The molecule has 0 radical (unpaired) electrons. The van der Waals surface area contributed by atoms with Crippen LogP contribution in [0.25, 0.3) is 0 Å². The van der Waals surface area contributed by atoms with Crippen LogP contribution >= 0.6 is 0 Å². The molecule has 3 nitrogen and oxygen atoms in total. The predicted molar refractivity (Wildman–Crippen MR) is 113 cm³/mol. The number of ketones is 1. The molecule has 3 rings (SSSR count). The van der Waals surface area contributed by atoms with Gasteiger partial charge in [0.1, 0.15) is 28.7 Å². The fourth-order valence-electron chi connectivity index (χ4n) is 4.10. The molecule has 0 amide bonds. The van der Waals surface area contributed by atoms with Gasteiger partial charge in [0, 0.05) is 17.9 Å². The van der Waals surface area contributed by atoms with E-state index in [1.165, 1.54) is 35.9 Å². The molecule has 5 heteroatoms. The van der Waals surface area contributed by atoms with E-state index < -0.39 is 29.3 Å². The second-order valence-corrected chi connectivity index (χ2v) is 8.04. The highest BCUT2D eigenvalue weighted by molar-refractivity contribution is 6.03. The number of hydrogen-bond acceptors (Lipinski definition) is 3. The topological polar surface area (TPSA) is 57.5 Å². The fraction of sp³-hybridized carbons (Fsp3) is 0.320. The summed E-state index contributed by atoms with van der Waals surface area (Å²) in [7, 11) is 0. The molecule has 0 aliphatic heterocycles. The lowest BCUT2D eigenvalue weighted by atomic mass is 9.71. The van der Waals surface area contributed by atoms with Crippen molar-refractivity contribution >= 4 is 5.78 Å². The number of hydrogen-bond donors (Lipinski definition) is 2. The Hall–Kier alpha value is -2.95. The van der Waals surface area contributed by atoms with Crippen molar-refractivity contribution < 1.29 is 23.8 Å². The number of Topliss-reactive ketones (excluding diaryl/α,β-unsaturated/α-hetero) is 1. The molecule has 2 aromatic carbocycles. The van der Waals surface area contributed by atoms with Crippen LogP contribution in [0.1, 0.15) is 61.4 Å². The monoisotopic (exact) mass is 412 g/mol. The molecule has 0 heterocycles. The number of aromatic hydroxyl groups is 2. The smallest absolute Gasteiger partial charge is 0.174 e. The van der Waals surface area contributed by atoms with E-state index in [2.05, 4.69) is 6.08 Å². The molecule has 0 fully saturated rings. The highest BCUT2D eigenvalue weighted by Gasteiger charge is 2.36. The average Bonchev–Trinajstić information content (AvgIpc) is 2.67. The number of benzene rings is 2. The molecule has 158 valence electrons. The number of carbonyl (C=O) groups excluding carboxylic acids is 1. The van der Waals surface area contributed by atoms with Crippen LogP contribution in [0.2, 0.25) is 0 Å². The summed E-state index contributed by atoms with van der Waals surface area (Å²) in [5, 5.41) is 20.3. The van der Waals surface area contributed by atoms with Gasteiger partial charge in [-0.15, -0.1) is 0 Å². The predicted octanol–water partition coefficient (Wildman–Crippen LogP) is 6.43. The third-order valence-corrected chi connectivity index (χ3v) is 5.61. The molecule has 30 heavy (non-hydrogen) atoms. The van der Waals surface area contributed by atoms with Gasteiger partial charge < -0.3 is 10.2 Å². The second-order valence-electron chi connectivity index (χ2n) is 8.04. The normalized spacial score (nSPS) is 18.6. The van der Waals surface area contributed by atoms with E-state index in [4.69, 9.17) is 0 Å². The lowest BCUT2D eigenvalue weighted by molar-refractivity contribution is 0.0888. The Labute approximate surface area is 175 Å². The summed E-state index contributed by atoms with van der Waals surface area (Å²) >= 11 is 0. The van der Waals surface area contributed by atoms with Crippen molar-refractivity contribution in [1.82, 2.24) is 0 Å². The van der Waals surface area contributed by atoms with Gasteiger partial charge in [-0.25, -0.2) is 8.78 Å². The van der Waals surface area contributed by atoms with Gasteiger partial charge in [-0.1, -0.05) is 35.4 Å². The maximum atomic E-state index is 14.6. The molecular weight excluding hydrogens is 386 g/mol. The van der Waals surface area contributed by atoms with Crippen molar-refractivity contribution in [3.05, 3.63) is 82.5 Å². The molecular formula is C25H26F2O3. The quantitative estimate of drug-likeness (QED) is 0.425. The number of phenols is 2. The first-order valence-electron chi connectivity index (χ1n) is 10.1. The van der Waals surface area contributed by atoms with Crippen molar-refractivity contribution in [2.75, 3.05) is 0 Å². The zero-order chi connectivity index (χ0) is 21.8. The Bertz CT molecular complexity index is 983. The Balaban J connectivity index is 1.97. The van der Waals surface area contributed by atoms with E-state index in [1.807, 2.05) is 19.9 Å². The maximum absolute atomic E-state index is 14.6. The minimum atomic E-state index is -0.690. The van der Waals surface area contributed by atoms with Crippen LogP contribution in [0.4, 0.5) is 8.78 Å². The van der Waals surface area contributed by atoms with E-state index in [0.29, 0.717) is 12.8 Å². The first-order valence-corrected chi connectivity index (χ1v) is 10.1. The van der Waals surface area contributed by atoms with Crippen LogP contribution in [-0.4, -0.2) is 16.0 Å². The van der Waals surface area contributed by atoms with Crippen molar-refractivity contribution in [1.29, 1.82) is 0 Å². The highest BCUT2D eigenvalue weighted by atomic mass is 19.1. The van der Waals surface area contributed by atoms with Crippen molar-refractivity contribution in [3.63, 3.8) is 0 Å². The van der Waals surface area contributed by atoms with E-state index in [0.717, 1.165) is 24.5 Å². The van der Waals surface area contributed by atoms with Gasteiger partial charge in [-0.2, -0.15) is 0 Å². The molecule has 2 N–H and O–H groups in total. The van der Waals surface area contributed by atoms with Gasteiger partial charge in [0.05, 0.1) is 0 Å². The lowest BCUT2D eigenvalue weighted by Gasteiger charge is -2.31. The summed E-state index contributed by atoms with van der Waals surface area (Å²) in [4.78, 5) is 13.3. The molecule has 0 bridgehead atoms. The summed E-state index contributed by atoms with van der Waals surface area (Å²) in [6, 6.07) is 7.53. The molecule has 0 saturated carbocycles. The van der Waals surface area contributed by atoms with Gasteiger partial charge in [-0.3, -0.25) is 4.79 Å². The summed E-state index contributed by atoms with van der Waals surface area (Å²) in [6.45, 7) is 4.05. The summed E-state index contributed by atoms with van der Waals surface area (Å²) in [5.41, 5.74) is 2.45. The molecule has 0 saturated heterocycles. The van der Waals surface area contributed by atoms with Crippen LogP contribution < -0.4 is 0 Å². The van der Waals surface area contributed by atoms with E-state index in [9.17, 15) is 23.8 Å². The van der Waals surface area contributed by atoms with Gasteiger partial charge >= 0.3 is 0 Å². The first kappa shape index (κ1) is 21.8. The van der Waals surface area contributed by atoms with E-state index in [1.54, 1.807) is 0 Å². The Morgan fingerprint density at radius 3 is 2.47 bits per heavy atom. The van der Waals surface area contributed by atoms with Gasteiger partial charge in [0.25, 0.3) is 0 Å². The SMILES string of the molecule is CC(C)=CCCC1=CC[C@H](C(=O)c2c(O)cccc2O)[C@@H](c2ccc(F)cc2F)C1. The largest absolute Gasteiger partial charge is 0.507 e. The zero-order valence-electron chi connectivity index (χ0n) is 17.2. The van der Waals surface area contributed by atoms with Crippen LogP contribution in [0.15, 0.2) is 59.7 Å². The zero-order valence-corrected chi connectivity index (χ0v) is 17.2. The number of halogens is 2. The summed E-state index contributed by atoms with van der Waals surface area (Å²) in [6.07, 6.45) is 6.60. The molecule has 2 aromatic rings. The van der Waals surface area contributed by atoms with Crippen LogP contribution in [0.3, 0.4) is 0 Å². The number of allylic oxidation sites excluding steroid dienone is 4. The number of rotatable bonds is 6. The third-order valence-electron chi connectivity index (χ3n) is 5.61.